The lowest BCUT2D eigenvalue weighted by Crippen LogP contribution is -2.36. The van der Waals surface area contributed by atoms with Gasteiger partial charge >= 0.3 is 0 Å². The molecule has 25 heavy (non-hydrogen) atoms. The number of hydrogen-bond acceptors (Lipinski definition) is 4. The third-order valence-corrected chi connectivity index (χ3v) is 4.78. The molecule has 1 fully saturated rings. The molecule has 1 heterocycles. The highest BCUT2D eigenvalue weighted by atomic mass is 35.5. The Bertz CT molecular complexity index is 701. The van der Waals surface area contributed by atoms with Crippen molar-refractivity contribution < 1.29 is 9.18 Å². The predicted molar refractivity (Wildman–Crippen MR) is 96.4 cm³/mol. The van der Waals surface area contributed by atoms with Crippen molar-refractivity contribution in [1.29, 1.82) is 0 Å². The molecule has 1 aliphatic rings. The molecule has 1 amide bonds. The van der Waals surface area contributed by atoms with Crippen LogP contribution in [0.2, 0.25) is 0 Å². The number of rotatable bonds is 5. The summed E-state index contributed by atoms with van der Waals surface area (Å²) < 4.78 is 15.5. The number of carbonyl (C=O) groups excluding carboxylic acids is 1. The van der Waals surface area contributed by atoms with Gasteiger partial charge in [-0.1, -0.05) is 19.3 Å². The molecule has 2 aromatic rings. The summed E-state index contributed by atoms with van der Waals surface area (Å²) in [6.45, 7) is 0.514. The molecular weight excluding hydrogens is 345 g/mol. The first-order chi connectivity index (χ1) is 11.6. The van der Waals surface area contributed by atoms with Gasteiger partial charge in [-0.05, 0) is 43.0 Å². The summed E-state index contributed by atoms with van der Waals surface area (Å²) in [5.74, 6) is -0.584. The lowest BCUT2D eigenvalue weighted by atomic mass is 9.71. The Morgan fingerprint density at radius 2 is 2.08 bits per heavy atom. The Morgan fingerprint density at radius 1 is 1.32 bits per heavy atom. The molecule has 0 radical (unpaired) electrons. The summed E-state index contributed by atoms with van der Waals surface area (Å²) in [4.78, 5) is 16.1. The third kappa shape index (κ3) is 4.55. The highest BCUT2D eigenvalue weighted by Gasteiger charge is 2.32. The first-order valence-electron chi connectivity index (χ1n) is 8.26. The summed E-state index contributed by atoms with van der Waals surface area (Å²) in [7, 11) is 0. The van der Waals surface area contributed by atoms with E-state index in [1.54, 1.807) is 12.1 Å². The van der Waals surface area contributed by atoms with Crippen molar-refractivity contribution in [2.24, 2.45) is 11.1 Å². The fourth-order valence-corrected chi connectivity index (χ4v) is 3.40. The van der Waals surface area contributed by atoms with Crippen LogP contribution in [0.15, 0.2) is 30.9 Å². The first-order valence-corrected chi connectivity index (χ1v) is 8.26. The van der Waals surface area contributed by atoms with Gasteiger partial charge < -0.3 is 11.1 Å². The van der Waals surface area contributed by atoms with Crippen LogP contribution < -0.4 is 11.1 Å². The molecule has 0 atom stereocenters. The van der Waals surface area contributed by atoms with E-state index < -0.39 is 5.82 Å². The van der Waals surface area contributed by atoms with E-state index in [4.69, 9.17) is 5.73 Å². The van der Waals surface area contributed by atoms with Gasteiger partial charge in [0.15, 0.2) is 5.82 Å². The van der Waals surface area contributed by atoms with Crippen LogP contribution in [0.5, 0.6) is 0 Å². The third-order valence-electron chi connectivity index (χ3n) is 4.78. The number of carbonyl (C=O) groups is 1. The van der Waals surface area contributed by atoms with Crippen molar-refractivity contribution in [2.75, 3.05) is 11.9 Å². The molecular formula is C17H23ClFN5O. The largest absolute Gasteiger partial charge is 0.330 e. The fourth-order valence-electron chi connectivity index (χ4n) is 3.40. The van der Waals surface area contributed by atoms with E-state index in [0.717, 1.165) is 25.7 Å². The van der Waals surface area contributed by atoms with Crippen molar-refractivity contribution in [3.63, 3.8) is 0 Å². The molecule has 1 aromatic carbocycles. The maximum Gasteiger partial charge on any atom is 0.224 e. The van der Waals surface area contributed by atoms with E-state index in [1.807, 2.05) is 0 Å². The number of benzene rings is 1. The summed E-state index contributed by atoms with van der Waals surface area (Å²) >= 11 is 0. The van der Waals surface area contributed by atoms with Gasteiger partial charge in [0.05, 0.1) is 0 Å². The molecule has 0 bridgehead atoms. The Balaban J connectivity index is 0.00000225. The SMILES string of the molecule is Cl.NCC1(CC(=O)Nc2ccc(-n3cncn3)c(F)c2)CCCCC1. The second-order valence-electron chi connectivity index (χ2n) is 6.50. The second kappa shape index (κ2) is 8.40. The van der Waals surface area contributed by atoms with Crippen LogP contribution in [-0.2, 0) is 4.79 Å². The van der Waals surface area contributed by atoms with Crippen molar-refractivity contribution in [1.82, 2.24) is 14.8 Å². The van der Waals surface area contributed by atoms with E-state index in [0.29, 0.717) is 18.7 Å². The average molecular weight is 368 g/mol. The quantitative estimate of drug-likeness (QED) is 0.850. The second-order valence-corrected chi connectivity index (χ2v) is 6.50. The average Bonchev–Trinajstić information content (AvgIpc) is 3.10. The number of hydrogen-bond donors (Lipinski definition) is 2. The lowest BCUT2D eigenvalue weighted by molar-refractivity contribution is -0.118. The maximum absolute atomic E-state index is 14.2. The summed E-state index contributed by atoms with van der Waals surface area (Å²) in [6, 6.07) is 4.53. The van der Waals surface area contributed by atoms with Crippen LogP contribution in [0.25, 0.3) is 5.69 Å². The van der Waals surface area contributed by atoms with Gasteiger partial charge in [0.2, 0.25) is 5.91 Å². The number of nitrogens with two attached hydrogens (primary N) is 1. The van der Waals surface area contributed by atoms with Gasteiger partial charge in [-0.2, -0.15) is 5.10 Å². The predicted octanol–water partition coefficient (Wildman–Crippen LogP) is 3.07. The molecule has 1 aromatic heterocycles. The summed E-state index contributed by atoms with van der Waals surface area (Å²) in [6.07, 6.45) is 8.55. The molecule has 0 spiro atoms. The Hall–Kier alpha value is -1.99. The monoisotopic (exact) mass is 367 g/mol. The fraction of sp³-hybridized carbons (Fsp3) is 0.471. The first kappa shape index (κ1) is 19.3. The highest BCUT2D eigenvalue weighted by Crippen LogP contribution is 2.38. The van der Waals surface area contributed by atoms with Gasteiger partial charge in [-0.3, -0.25) is 4.79 Å². The van der Waals surface area contributed by atoms with Gasteiger partial charge in [0, 0.05) is 12.1 Å². The minimum Gasteiger partial charge on any atom is -0.330 e. The van der Waals surface area contributed by atoms with Crippen LogP contribution in [0.3, 0.4) is 0 Å². The normalized spacial score (nSPS) is 16.1. The zero-order valence-corrected chi connectivity index (χ0v) is 14.8. The summed E-state index contributed by atoms with van der Waals surface area (Å²) in [5, 5.41) is 6.68. The van der Waals surface area contributed by atoms with E-state index in [2.05, 4.69) is 15.4 Å². The maximum atomic E-state index is 14.2. The van der Waals surface area contributed by atoms with Gasteiger partial charge in [0.1, 0.15) is 18.3 Å². The molecule has 136 valence electrons. The smallest absolute Gasteiger partial charge is 0.224 e. The number of aromatic nitrogens is 3. The van der Waals surface area contributed by atoms with Crippen molar-refractivity contribution >= 4 is 24.0 Å². The number of anilines is 1. The molecule has 0 unspecified atom stereocenters. The number of amides is 1. The minimum atomic E-state index is -0.468. The topological polar surface area (TPSA) is 85.8 Å². The molecule has 6 nitrogen and oxygen atoms in total. The van der Waals surface area contributed by atoms with Gasteiger partial charge in [-0.15, -0.1) is 12.4 Å². The molecule has 1 aliphatic carbocycles. The number of nitrogens with zero attached hydrogens (tertiary/aromatic N) is 3. The van der Waals surface area contributed by atoms with E-state index in [1.165, 1.54) is 29.8 Å². The lowest BCUT2D eigenvalue weighted by Gasteiger charge is -2.35. The number of halogens is 2. The Kier molecular flexibility index (Phi) is 6.50. The van der Waals surface area contributed by atoms with Crippen LogP contribution in [-0.4, -0.2) is 27.2 Å². The molecule has 0 aliphatic heterocycles. The highest BCUT2D eigenvalue weighted by molar-refractivity contribution is 5.91. The minimum absolute atomic E-state index is 0. The van der Waals surface area contributed by atoms with Crippen LogP contribution >= 0.6 is 12.4 Å². The van der Waals surface area contributed by atoms with E-state index in [9.17, 15) is 9.18 Å². The standard InChI is InChI=1S/C17H22FN5O.ClH/c18-14-8-13(4-5-15(14)23-12-20-11-21-23)22-16(24)9-17(10-19)6-2-1-3-7-17;/h4-5,8,11-12H,1-3,6-7,9-10,19H2,(H,22,24);1H. The summed E-state index contributed by atoms with van der Waals surface area (Å²) in [5.41, 5.74) is 6.54. The zero-order valence-electron chi connectivity index (χ0n) is 13.9. The molecule has 3 rings (SSSR count). The van der Waals surface area contributed by atoms with E-state index >= 15 is 0 Å². The van der Waals surface area contributed by atoms with Crippen molar-refractivity contribution in [2.45, 2.75) is 38.5 Å². The van der Waals surface area contributed by atoms with Gasteiger partial charge in [-0.25, -0.2) is 14.1 Å². The number of nitrogens with one attached hydrogen (secondary N) is 1. The molecule has 3 N–H and O–H groups in total. The van der Waals surface area contributed by atoms with Crippen molar-refractivity contribution in [3.05, 3.63) is 36.7 Å². The molecule has 0 saturated heterocycles. The molecule has 1 saturated carbocycles. The van der Waals surface area contributed by atoms with Gasteiger partial charge in [0.25, 0.3) is 0 Å². The zero-order chi connectivity index (χ0) is 17.0. The van der Waals surface area contributed by atoms with Crippen molar-refractivity contribution in [3.8, 4) is 5.69 Å². The van der Waals surface area contributed by atoms with Crippen LogP contribution in [0.1, 0.15) is 38.5 Å². The van der Waals surface area contributed by atoms with Crippen LogP contribution in [0, 0.1) is 11.2 Å². The Morgan fingerprint density at radius 3 is 2.68 bits per heavy atom. The van der Waals surface area contributed by atoms with E-state index in [-0.39, 0.29) is 29.4 Å². The van der Waals surface area contributed by atoms with Crippen LogP contribution in [0.4, 0.5) is 10.1 Å². The Labute approximate surface area is 152 Å². The molecule has 8 heteroatoms.